The van der Waals surface area contributed by atoms with E-state index in [0.717, 1.165) is 11.3 Å². The number of benzene rings is 1. The molecule has 1 aromatic carbocycles. The standard InChI is InChI=1S/C11H9ClNO/c1-7-8(2)14-11(13-7)9-4-3-5-10(12)6-9/h3-6H,2H2,1H3. The van der Waals surface area contributed by atoms with Gasteiger partial charge >= 0.3 is 0 Å². The minimum Gasteiger partial charge on any atom is -0.441 e. The molecule has 0 bridgehead atoms. The number of hydrogen-bond acceptors (Lipinski definition) is 2. The van der Waals surface area contributed by atoms with Crippen molar-refractivity contribution in [2.24, 2.45) is 0 Å². The van der Waals surface area contributed by atoms with E-state index in [1.165, 1.54) is 0 Å². The Kier molecular flexibility index (Phi) is 2.30. The van der Waals surface area contributed by atoms with E-state index in [0.29, 0.717) is 16.7 Å². The van der Waals surface area contributed by atoms with Gasteiger partial charge in [-0.1, -0.05) is 17.7 Å². The van der Waals surface area contributed by atoms with Gasteiger partial charge in [-0.3, -0.25) is 0 Å². The topological polar surface area (TPSA) is 26.0 Å². The zero-order valence-electron chi connectivity index (χ0n) is 7.75. The Labute approximate surface area is 87.5 Å². The van der Waals surface area contributed by atoms with Gasteiger partial charge in [0.1, 0.15) is 5.76 Å². The lowest BCUT2D eigenvalue weighted by molar-refractivity contribution is 0.555. The second-order valence-electron chi connectivity index (χ2n) is 3.04. The predicted molar refractivity (Wildman–Crippen MR) is 56.1 cm³/mol. The Morgan fingerprint density at radius 3 is 2.79 bits per heavy atom. The number of halogens is 1. The van der Waals surface area contributed by atoms with E-state index < -0.39 is 0 Å². The second kappa shape index (κ2) is 3.46. The van der Waals surface area contributed by atoms with Gasteiger partial charge in [-0.25, -0.2) is 4.98 Å². The zero-order valence-corrected chi connectivity index (χ0v) is 8.51. The first-order valence-corrected chi connectivity index (χ1v) is 4.60. The Balaban J connectivity index is 2.49. The van der Waals surface area contributed by atoms with E-state index in [-0.39, 0.29) is 0 Å². The fourth-order valence-corrected chi connectivity index (χ4v) is 1.36. The Bertz CT molecular complexity index is 443. The highest BCUT2D eigenvalue weighted by atomic mass is 35.5. The maximum atomic E-state index is 5.86. The van der Waals surface area contributed by atoms with Gasteiger partial charge in [-0.2, -0.15) is 0 Å². The van der Waals surface area contributed by atoms with Crippen LogP contribution in [0.2, 0.25) is 5.02 Å². The highest BCUT2D eigenvalue weighted by Crippen LogP contribution is 2.23. The summed E-state index contributed by atoms with van der Waals surface area (Å²) in [6.45, 7) is 5.59. The largest absolute Gasteiger partial charge is 0.441 e. The molecule has 14 heavy (non-hydrogen) atoms. The van der Waals surface area contributed by atoms with E-state index in [9.17, 15) is 0 Å². The summed E-state index contributed by atoms with van der Waals surface area (Å²) in [5.41, 5.74) is 1.68. The van der Waals surface area contributed by atoms with E-state index in [4.69, 9.17) is 16.0 Å². The molecule has 0 spiro atoms. The normalized spacial score (nSPS) is 10.5. The highest BCUT2D eigenvalue weighted by Gasteiger charge is 2.07. The van der Waals surface area contributed by atoms with Gasteiger partial charge in [-0.05, 0) is 25.1 Å². The Hall–Kier alpha value is -1.28. The maximum absolute atomic E-state index is 5.86. The van der Waals surface area contributed by atoms with Gasteiger partial charge in [0.15, 0.2) is 0 Å². The van der Waals surface area contributed by atoms with Crippen LogP contribution in [0.5, 0.6) is 0 Å². The van der Waals surface area contributed by atoms with Gasteiger partial charge < -0.3 is 4.42 Å². The number of rotatable bonds is 1. The van der Waals surface area contributed by atoms with Crippen molar-refractivity contribution in [2.75, 3.05) is 0 Å². The van der Waals surface area contributed by atoms with Crippen LogP contribution in [0, 0.1) is 13.8 Å². The molecule has 0 fully saturated rings. The summed E-state index contributed by atoms with van der Waals surface area (Å²) >= 11 is 5.86. The molecule has 2 nitrogen and oxygen atoms in total. The zero-order chi connectivity index (χ0) is 10.1. The molecule has 0 atom stereocenters. The summed E-state index contributed by atoms with van der Waals surface area (Å²) in [4.78, 5) is 4.23. The monoisotopic (exact) mass is 206 g/mol. The molecule has 0 saturated carbocycles. The first-order chi connectivity index (χ1) is 6.66. The third-order valence-corrected chi connectivity index (χ3v) is 2.20. The molecule has 0 aliphatic heterocycles. The van der Waals surface area contributed by atoms with Crippen LogP contribution in [0.15, 0.2) is 28.7 Å². The minimum absolute atomic E-state index is 0.565. The second-order valence-corrected chi connectivity index (χ2v) is 3.47. The molecule has 2 aromatic rings. The fourth-order valence-electron chi connectivity index (χ4n) is 1.17. The van der Waals surface area contributed by atoms with Crippen molar-refractivity contribution < 1.29 is 4.42 Å². The molecule has 3 heteroatoms. The first-order valence-electron chi connectivity index (χ1n) is 4.22. The Morgan fingerprint density at radius 1 is 1.43 bits per heavy atom. The Morgan fingerprint density at radius 2 is 2.21 bits per heavy atom. The molecular formula is C11H9ClNO. The van der Waals surface area contributed by atoms with Crippen LogP contribution < -0.4 is 0 Å². The van der Waals surface area contributed by atoms with Crippen LogP contribution in [0.1, 0.15) is 11.5 Å². The summed E-state index contributed by atoms with van der Waals surface area (Å²) in [6.07, 6.45) is 0. The van der Waals surface area contributed by atoms with Crippen LogP contribution in [-0.4, -0.2) is 4.98 Å². The average molecular weight is 207 g/mol. The maximum Gasteiger partial charge on any atom is 0.226 e. The number of aromatic nitrogens is 1. The molecule has 0 aliphatic rings. The summed E-state index contributed by atoms with van der Waals surface area (Å²) < 4.78 is 5.37. The molecule has 0 unspecified atom stereocenters. The fraction of sp³-hybridized carbons (Fsp3) is 0.0909. The number of oxazole rings is 1. The van der Waals surface area contributed by atoms with Crippen molar-refractivity contribution >= 4 is 11.6 Å². The lowest BCUT2D eigenvalue weighted by atomic mass is 10.2. The van der Waals surface area contributed by atoms with Crippen LogP contribution >= 0.6 is 11.6 Å². The minimum atomic E-state index is 0.565. The average Bonchev–Trinajstić information content (AvgIpc) is 2.47. The van der Waals surface area contributed by atoms with Crippen LogP contribution in [-0.2, 0) is 0 Å². The molecule has 0 aliphatic carbocycles. The van der Waals surface area contributed by atoms with Crippen molar-refractivity contribution in [3.8, 4) is 11.5 Å². The predicted octanol–water partition coefficient (Wildman–Crippen LogP) is 3.49. The van der Waals surface area contributed by atoms with Gasteiger partial charge in [0.2, 0.25) is 5.89 Å². The van der Waals surface area contributed by atoms with Gasteiger partial charge in [0.05, 0.1) is 5.69 Å². The first kappa shape index (κ1) is 9.28. The lowest BCUT2D eigenvalue weighted by Crippen LogP contribution is -1.77. The number of hydrogen-bond donors (Lipinski definition) is 0. The molecule has 1 radical (unpaired) electrons. The lowest BCUT2D eigenvalue weighted by Gasteiger charge is -1.94. The van der Waals surface area contributed by atoms with Gasteiger partial charge in [0.25, 0.3) is 0 Å². The molecule has 1 aromatic heterocycles. The molecule has 2 rings (SSSR count). The number of aryl methyl sites for hydroxylation is 1. The molecule has 0 N–H and O–H groups in total. The van der Waals surface area contributed by atoms with Gasteiger partial charge in [-0.15, -0.1) is 0 Å². The summed E-state index contributed by atoms with van der Waals surface area (Å²) in [6, 6.07) is 7.38. The van der Waals surface area contributed by atoms with Crippen molar-refractivity contribution in [2.45, 2.75) is 6.92 Å². The summed E-state index contributed by atoms with van der Waals surface area (Å²) in [7, 11) is 0. The molecular weight excluding hydrogens is 198 g/mol. The molecule has 0 amide bonds. The quantitative estimate of drug-likeness (QED) is 0.714. The highest BCUT2D eigenvalue weighted by molar-refractivity contribution is 6.30. The van der Waals surface area contributed by atoms with Gasteiger partial charge in [0, 0.05) is 17.5 Å². The third kappa shape index (κ3) is 1.66. The third-order valence-electron chi connectivity index (χ3n) is 1.96. The van der Waals surface area contributed by atoms with Crippen LogP contribution in [0.4, 0.5) is 0 Å². The van der Waals surface area contributed by atoms with E-state index in [2.05, 4.69) is 11.9 Å². The molecule has 1 heterocycles. The summed E-state index contributed by atoms with van der Waals surface area (Å²) in [5.74, 6) is 1.16. The van der Waals surface area contributed by atoms with E-state index in [1.807, 2.05) is 31.2 Å². The molecule has 71 valence electrons. The van der Waals surface area contributed by atoms with E-state index >= 15 is 0 Å². The van der Waals surface area contributed by atoms with Crippen molar-refractivity contribution in [3.05, 3.63) is 47.7 Å². The SMILES string of the molecule is [CH2]c1oc(-c2cccc(Cl)c2)nc1C. The van der Waals surface area contributed by atoms with Crippen LogP contribution in [0.3, 0.4) is 0 Å². The molecule has 0 saturated heterocycles. The van der Waals surface area contributed by atoms with Crippen molar-refractivity contribution in [3.63, 3.8) is 0 Å². The number of nitrogens with zero attached hydrogens (tertiary/aromatic N) is 1. The smallest absolute Gasteiger partial charge is 0.226 e. The van der Waals surface area contributed by atoms with Crippen molar-refractivity contribution in [1.82, 2.24) is 4.98 Å². The van der Waals surface area contributed by atoms with E-state index in [1.54, 1.807) is 0 Å². The summed E-state index contributed by atoms with van der Waals surface area (Å²) in [5, 5.41) is 0.670. The van der Waals surface area contributed by atoms with Crippen molar-refractivity contribution in [1.29, 1.82) is 0 Å². The van der Waals surface area contributed by atoms with Crippen LogP contribution in [0.25, 0.3) is 11.5 Å².